The number of hydrogen-bond acceptors (Lipinski definition) is 2. The number of rotatable bonds is 4. The number of hydrogen-bond donors (Lipinski definition) is 1. The van der Waals surface area contributed by atoms with E-state index in [-0.39, 0.29) is 0 Å². The molecule has 18 heavy (non-hydrogen) atoms. The number of ether oxygens (including phenoxy) is 1. The molecule has 0 saturated heterocycles. The number of para-hydroxylation sites is 1. The van der Waals surface area contributed by atoms with Gasteiger partial charge in [0, 0.05) is 24.4 Å². The lowest BCUT2D eigenvalue weighted by Crippen LogP contribution is -2.32. The first-order valence-electron chi connectivity index (χ1n) is 6.94. The molecular formula is C16H25NO. The first-order chi connectivity index (χ1) is 8.61. The summed E-state index contributed by atoms with van der Waals surface area (Å²) in [5.41, 5.74) is 2.97. The zero-order valence-electron chi connectivity index (χ0n) is 11.8. The van der Waals surface area contributed by atoms with Crippen LogP contribution in [0.1, 0.15) is 45.1 Å². The maximum Gasteiger partial charge on any atom is 0.0733 e. The van der Waals surface area contributed by atoms with Gasteiger partial charge in [0.2, 0.25) is 0 Å². The van der Waals surface area contributed by atoms with Gasteiger partial charge in [-0.2, -0.15) is 0 Å². The monoisotopic (exact) mass is 247 g/mol. The average molecular weight is 247 g/mol. The van der Waals surface area contributed by atoms with E-state index in [9.17, 15) is 0 Å². The van der Waals surface area contributed by atoms with E-state index in [0.29, 0.717) is 18.1 Å². The summed E-state index contributed by atoms with van der Waals surface area (Å²) in [4.78, 5) is 0. The molecule has 1 saturated carbocycles. The van der Waals surface area contributed by atoms with Crippen molar-refractivity contribution in [2.24, 2.45) is 5.41 Å². The highest BCUT2D eigenvalue weighted by Gasteiger charge is 2.27. The molecule has 0 amide bonds. The minimum absolute atomic E-state index is 0.478. The molecule has 1 atom stereocenters. The molecule has 2 nitrogen and oxygen atoms in total. The van der Waals surface area contributed by atoms with Crippen LogP contribution in [0.4, 0.5) is 5.69 Å². The van der Waals surface area contributed by atoms with Gasteiger partial charge in [-0.25, -0.2) is 0 Å². The molecule has 0 spiro atoms. The van der Waals surface area contributed by atoms with Crippen molar-refractivity contribution in [3.8, 4) is 0 Å². The van der Waals surface area contributed by atoms with Crippen LogP contribution in [0.15, 0.2) is 24.3 Å². The Balaban J connectivity index is 2.04. The zero-order valence-corrected chi connectivity index (χ0v) is 11.8. The van der Waals surface area contributed by atoms with E-state index in [0.717, 1.165) is 0 Å². The molecule has 100 valence electrons. The van der Waals surface area contributed by atoms with Crippen LogP contribution in [0.3, 0.4) is 0 Å². The van der Waals surface area contributed by atoms with Gasteiger partial charge in [-0.3, -0.25) is 0 Å². The van der Waals surface area contributed by atoms with Gasteiger partial charge in [-0.1, -0.05) is 38.5 Å². The maximum atomic E-state index is 5.26. The molecule has 1 aromatic carbocycles. The maximum absolute atomic E-state index is 5.26. The largest absolute Gasteiger partial charge is 0.382 e. The third-order valence-electron chi connectivity index (χ3n) is 3.88. The Kier molecular flexibility index (Phi) is 4.28. The molecule has 0 radical (unpaired) electrons. The van der Waals surface area contributed by atoms with Crippen molar-refractivity contribution in [2.75, 3.05) is 12.4 Å². The topological polar surface area (TPSA) is 21.3 Å². The van der Waals surface area contributed by atoms with E-state index in [1.807, 2.05) is 0 Å². The fourth-order valence-corrected chi connectivity index (χ4v) is 2.98. The number of anilines is 1. The Morgan fingerprint density at radius 3 is 2.83 bits per heavy atom. The van der Waals surface area contributed by atoms with Crippen molar-refractivity contribution in [2.45, 2.75) is 52.2 Å². The van der Waals surface area contributed by atoms with Crippen molar-refractivity contribution >= 4 is 5.69 Å². The van der Waals surface area contributed by atoms with Gasteiger partial charge in [-0.15, -0.1) is 0 Å². The van der Waals surface area contributed by atoms with Gasteiger partial charge in [0.15, 0.2) is 0 Å². The second-order valence-electron chi connectivity index (χ2n) is 6.19. The molecule has 0 heterocycles. The standard InChI is InChI=1S/C16H25NO/c1-16(2)10-6-8-14(11-16)17-15-9-5-4-7-13(15)12-18-3/h4-5,7,9,14,17H,6,8,10-12H2,1-3H3. The number of methoxy groups -OCH3 is 1. The summed E-state index contributed by atoms with van der Waals surface area (Å²) in [5, 5.41) is 3.71. The van der Waals surface area contributed by atoms with Crippen LogP contribution in [0, 0.1) is 5.41 Å². The van der Waals surface area contributed by atoms with E-state index in [1.165, 1.54) is 36.9 Å². The predicted octanol–water partition coefficient (Wildman–Crippen LogP) is 4.21. The van der Waals surface area contributed by atoms with Crippen LogP contribution in [0.25, 0.3) is 0 Å². The van der Waals surface area contributed by atoms with Gasteiger partial charge in [0.25, 0.3) is 0 Å². The molecule has 1 fully saturated rings. The molecular weight excluding hydrogens is 222 g/mol. The van der Waals surface area contributed by atoms with E-state index in [2.05, 4.69) is 43.4 Å². The summed E-state index contributed by atoms with van der Waals surface area (Å²) in [6.45, 7) is 5.43. The highest BCUT2D eigenvalue weighted by molar-refractivity contribution is 5.51. The lowest BCUT2D eigenvalue weighted by Gasteiger charge is -2.36. The Labute approximate surface area is 111 Å². The average Bonchev–Trinajstić information content (AvgIpc) is 2.31. The number of nitrogens with one attached hydrogen (secondary N) is 1. The summed E-state index contributed by atoms with van der Waals surface area (Å²) < 4.78 is 5.26. The molecule has 1 aliphatic rings. The molecule has 1 aromatic rings. The Morgan fingerprint density at radius 2 is 2.11 bits per heavy atom. The summed E-state index contributed by atoms with van der Waals surface area (Å²) in [5.74, 6) is 0. The molecule has 1 aliphatic carbocycles. The molecule has 0 bridgehead atoms. The van der Waals surface area contributed by atoms with Gasteiger partial charge < -0.3 is 10.1 Å². The Hall–Kier alpha value is -1.02. The quantitative estimate of drug-likeness (QED) is 0.860. The highest BCUT2D eigenvalue weighted by atomic mass is 16.5. The lowest BCUT2D eigenvalue weighted by molar-refractivity contribution is 0.185. The van der Waals surface area contributed by atoms with Crippen molar-refractivity contribution in [1.82, 2.24) is 0 Å². The minimum atomic E-state index is 0.478. The molecule has 0 aliphatic heterocycles. The number of benzene rings is 1. The lowest BCUT2D eigenvalue weighted by atomic mass is 9.75. The van der Waals surface area contributed by atoms with Gasteiger partial charge in [-0.05, 0) is 30.7 Å². The fraction of sp³-hybridized carbons (Fsp3) is 0.625. The van der Waals surface area contributed by atoms with Gasteiger partial charge >= 0.3 is 0 Å². The zero-order chi connectivity index (χ0) is 13.0. The van der Waals surface area contributed by atoms with E-state index in [4.69, 9.17) is 4.74 Å². The molecule has 1 unspecified atom stereocenters. The van der Waals surface area contributed by atoms with Crippen LogP contribution in [0.5, 0.6) is 0 Å². The van der Waals surface area contributed by atoms with Crippen LogP contribution in [-0.2, 0) is 11.3 Å². The van der Waals surface area contributed by atoms with Gasteiger partial charge in [0.1, 0.15) is 0 Å². The van der Waals surface area contributed by atoms with Crippen molar-refractivity contribution in [3.05, 3.63) is 29.8 Å². The third-order valence-corrected chi connectivity index (χ3v) is 3.88. The van der Waals surface area contributed by atoms with Crippen LogP contribution < -0.4 is 5.32 Å². The normalized spacial score (nSPS) is 22.7. The first-order valence-corrected chi connectivity index (χ1v) is 6.94. The summed E-state index contributed by atoms with van der Waals surface area (Å²) >= 11 is 0. The SMILES string of the molecule is COCc1ccccc1NC1CCCC(C)(C)C1. The molecule has 1 N–H and O–H groups in total. The minimum Gasteiger partial charge on any atom is -0.382 e. The Morgan fingerprint density at radius 1 is 1.33 bits per heavy atom. The Bertz CT molecular complexity index is 386. The van der Waals surface area contributed by atoms with Crippen molar-refractivity contribution in [1.29, 1.82) is 0 Å². The van der Waals surface area contributed by atoms with Gasteiger partial charge in [0.05, 0.1) is 6.61 Å². The summed E-state index contributed by atoms with van der Waals surface area (Å²) in [7, 11) is 1.75. The fourth-order valence-electron chi connectivity index (χ4n) is 2.98. The van der Waals surface area contributed by atoms with Crippen molar-refractivity contribution in [3.63, 3.8) is 0 Å². The predicted molar refractivity (Wildman–Crippen MR) is 76.8 cm³/mol. The van der Waals surface area contributed by atoms with Crippen LogP contribution >= 0.6 is 0 Å². The molecule has 2 heteroatoms. The van der Waals surface area contributed by atoms with Crippen LogP contribution in [0.2, 0.25) is 0 Å². The smallest absolute Gasteiger partial charge is 0.0733 e. The third kappa shape index (κ3) is 3.49. The van der Waals surface area contributed by atoms with E-state index >= 15 is 0 Å². The first kappa shape index (κ1) is 13.4. The van der Waals surface area contributed by atoms with Crippen molar-refractivity contribution < 1.29 is 4.74 Å². The summed E-state index contributed by atoms with van der Waals surface area (Å²) in [6.07, 6.45) is 5.22. The second-order valence-corrected chi connectivity index (χ2v) is 6.19. The second kappa shape index (κ2) is 5.75. The molecule has 0 aromatic heterocycles. The molecule has 2 rings (SSSR count). The summed E-state index contributed by atoms with van der Waals surface area (Å²) in [6, 6.07) is 9.07. The van der Waals surface area contributed by atoms with Crippen LogP contribution in [-0.4, -0.2) is 13.2 Å². The highest BCUT2D eigenvalue weighted by Crippen LogP contribution is 2.36. The van der Waals surface area contributed by atoms with E-state index in [1.54, 1.807) is 7.11 Å². The van der Waals surface area contributed by atoms with E-state index < -0.39 is 0 Å².